The molecule has 1 aromatic heterocycles. The molecule has 1 N–H and O–H groups in total. The van der Waals surface area contributed by atoms with E-state index in [1.54, 1.807) is 9.47 Å². The second kappa shape index (κ2) is 9.71. The van der Waals surface area contributed by atoms with Gasteiger partial charge in [0.05, 0.1) is 13.2 Å². The molecule has 2 aliphatic heterocycles. The monoisotopic (exact) mass is 495 g/mol. The highest BCUT2D eigenvalue weighted by Gasteiger charge is 2.38. The number of halogens is 3. The number of ether oxygens (including phenoxy) is 2. The van der Waals surface area contributed by atoms with E-state index in [2.05, 4.69) is 5.32 Å². The maximum Gasteiger partial charge on any atom is 0.276 e. The Bertz CT molecular complexity index is 1200. The molecule has 2 amide bonds. The summed E-state index contributed by atoms with van der Waals surface area (Å²) in [6.07, 6.45) is 2.94. The van der Waals surface area contributed by atoms with Gasteiger partial charge in [-0.05, 0) is 32.3 Å². The fourth-order valence-electron chi connectivity index (χ4n) is 4.31. The number of methoxy groups -OCH3 is 1. The SMILES string of the molecule is COc1c2n(cc(C(=O)NCc3ccc(F)c(Cl)c3F)c1=O)CCCC[C@H]1O[C@H](C)CN1C2=O. The molecule has 0 unspecified atom stereocenters. The molecule has 0 bridgehead atoms. The summed E-state index contributed by atoms with van der Waals surface area (Å²) >= 11 is 5.59. The fraction of sp³-hybridized carbons (Fsp3) is 0.435. The van der Waals surface area contributed by atoms with Gasteiger partial charge in [-0.3, -0.25) is 14.4 Å². The summed E-state index contributed by atoms with van der Waals surface area (Å²) < 4.78 is 40.3. The van der Waals surface area contributed by atoms with Gasteiger partial charge in [0.25, 0.3) is 11.8 Å². The summed E-state index contributed by atoms with van der Waals surface area (Å²) in [6, 6.07) is 2.14. The number of pyridine rings is 1. The highest BCUT2D eigenvalue weighted by Crippen LogP contribution is 2.28. The fourth-order valence-corrected chi connectivity index (χ4v) is 4.50. The lowest BCUT2D eigenvalue weighted by atomic mass is 10.1. The second-order valence-corrected chi connectivity index (χ2v) is 8.70. The number of rotatable bonds is 4. The minimum Gasteiger partial charge on any atom is -0.491 e. The minimum absolute atomic E-state index is 0.0427. The van der Waals surface area contributed by atoms with E-state index in [0.717, 1.165) is 18.6 Å². The molecule has 0 saturated carbocycles. The zero-order chi connectivity index (χ0) is 24.6. The lowest BCUT2D eigenvalue weighted by molar-refractivity contribution is 0.00254. The average molecular weight is 496 g/mol. The molecule has 2 aliphatic rings. The van der Waals surface area contributed by atoms with Crippen LogP contribution in [0.4, 0.5) is 8.78 Å². The lowest BCUT2D eigenvalue weighted by Gasteiger charge is -2.24. The molecular weight excluding hydrogens is 472 g/mol. The van der Waals surface area contributed by atoms with E-state index < -0.39 is 33.9 Å². The molecule has 0 aliphatic carbocycles. The summed E-state index contributed by atoms with van der Waals surface area (Å²) in [5.74, 6) is -3.34. The molecule has 4 rings (SSSR count). The third kappa shape index (κ3) is 4.39. The van der Waals surface area contributed by atoms with Crippen LogP contribution in [0.15, 0.2) is 23.1 Å². The van der Waals surface area contributed by atoms with Gasteiger partial charge in [-0.1, -0.05) is 17.7 Å². The van der Waals surface area contributed by atoms with E-state index in [9.17, 15) is 23.2 Å². The van der Waals surface area contributed by atoms with Crippen LogP contribution < -0.4 is 15.5 Å². The van der Waals surface area contributed by atoms with Crippen molar-refractivity contribution >= 4 is 23.4 Å². The molecule has 3 heterocycles. The zero-order valence-electron chi connectivity index (χ0n) is 18.7. The normalized spacial score (nSPS) is 20.1. The highest BCUT2D eigenvalue weighted by molar-refractivity contribution is 6.30. The lowest BCUT2D eigenvalue weighted by Crippen LogP contribution is -2.39. The van der Waals surface area contributed by atoms with E-state index >= 15 is 0 Å². The maximum atomic E-state index is 14.2. The van der Waals surface area contributed by atoms with Crippen molar-refractivity contribution in [1.82, 2.24) is 14.8 Å². The second-order valence-electron chi connectivity index (χ2n) is 8.32. The van der Waals surface area contributed by atoms with Crippen LogP contribution in [0.3, 0.4) is 0 Å². The van der Waals surface area contributed by atoms with Crippen molar-refractivity contribution in [3.8, 4) is 5.75 Å². The number of aryl methyl sites for hydroxylation is 1. The van der Waals surface area contributed by atoms with Crippen molar-refractivity contribution in [3.05, 3.63) is 62.0 Å². The molecule has 34 heavy (non-hydrogen) atoms. The smallest absolute Gasteiger partial charge is 0.276 e. The largest absolute Gasteiger partial charge is 0.491 e. The highest BCUT2D eigenvalue weighted by atomic mass is 35.5. The number of hydrogen-bond acceptors (Lipinski definition) is 5. The molecule has 8 nitrogen and oxygen atoms in total. The Morgan fingerprint density at radius 1 is 1.29 bits per heavy atom. The standard InChI is InChI=1S/C23H24ClF2N3O5/c1-12-10-29-16(34-12)5-3-4-8-28-11-14(20(30)21(33-2)19(28)23(29)32)22(31)27-9-13-6-7-15(25)17(24)18(13)26/h6-7,11-12,16H,3-5,8-10H2,1-2H3,(H,27,31)/t12-,16-/m1/s1. The molecule has 0 spiro atoms. The molecular formula is C23H24ClF2N3O5. The summed E-state index contributed by atoms with van der Waals surface area (Å²) in [5.41, 5.74) is -1.01. The van der Waals surface area contributed by atoms with Gasteiger partial charge in [-0.15, -0.1) is 0 Å². The van der Waals surface area contributed by atoms with Crippen molar-refractivity contribution in [2.24, 2.45) is 0 Å². The first-order chi connectivity index (χ1) is 16.2. The Kier molecular flexibility index (Phi) is 6.90. The van der Waals surface area contributed by atoms with E-state index in [4.69, 9.17) is 21.1 Å². The third-order valence-corrected chi connectivity index (χ3v) is 6.34. The van der Waals surface area contributed by atoms with Crippen LogP contribution in [0.5, 0.6) is 5.75 Å². The van der Waals surface area contributed by atoms with E-state index in [1.807, 2.05) is 6.92 Å². The summed E-state index contributed by atoms with van der Waals surface area (Å²) in [5, 5.41) is 1.77. The average Bonchev–Trinajstić information content (AvgIpc) is 3.21. The van der Waals surface area contributed by atoms with Crippen molar-refractivity contribution < 1.29 is 27.8 Å². The van der Waals surface area contributed by atoms with Crippen LogP contribution in [-0.4, -0.2) is 47.3 Å². The van der Waals surface area contributed by atoms with Crippen molar-refractivity contribution in [2.75, 3.05) is 13.7 Å². The van der Waals surface area contributed by atoms with E-state index in [0.29, 0.717) is 25.9 Å². The molecule has 182 valence electrons. The Balaban J connectivity index is 1.68. The number of aromatic nitrogens is 1. The number of benzene rings is 1. The minimum atomic E-state index is -0.993. The first-order valence-electron chi connectivity index (χ1n) is 10.9. The Morgan fingerprint density at radius 3 is 2.79 bits per heavy atom. The molecule has 2 atom stereocenters. The first-order valence-corrected chi connectivity index (χ1v) is 11.3. The van der Waals surface area contributed by atoms with Crippen LogP contribution in [0, 0.1) is 11.6 Å². The topological polar surface area (TPSA) is 89.9 Å². The predicted octanol–water partition coefficient (Wildman–Crippen LogP) is 3.09. The Labute approximate surface area is 199 Å². The van der Waals surface area contributed by atoms with Crippen LogP contribution in [-0.2, 0) is 17.8 Å². The first kappa shape index (κ1) is 24.2. The maximum absolute atomic E-state index is 14.2. The Hall–Kier alpha value is -2.98. The predicted molar refractivity (Wildman–Crippen MR) is 119 cm³/mol. The van der Waals surface area contributed by atoms with Crippen LogP contribution in [0.25, 0.3) is 0 Å². The van der Waals surface area contributed by atoms with Crippen LogP contribution in [0.1, 0.15) is 52.6 Å². The van der Waals surface area contributed by atoms with Crippen molar-refractivity contribution in [1.29, 1.82) is 0 Å². The number of nitrogens with zero attached hydrogens (tertiary/aromatic N) is 2. The van der Waals surface area contributed by atoms with Crippen molar-refractivity contribution in [3.63, 3.8) is 0 Å². The van der Waals surface area contributed by atoms with Gasteiger partial charge in [0.1, 0.15) is 28.4 Å². The van der Waals surface area contributed by atoms with E-state index in [1.165, 1.54) is 13.3 Å². The Morgan fingerprint density at radius 2 is 2.06 bits per heavy atom. The quantitative estimate of drug-likeness (QED) is 0.658. The number of amides is 2. The zero-order valence-corrected chi connectivity index (χ0v) is 19.5. The van der Waals surface area contributed by atoms with Crippen LogP contribution >= 0.6 is 11.6 Å². The van der Waals surface area contributed by atoms with Gasteiger partial charge in [0.2, 0.25) is 5.43 Å². The molecule has 0 radical (unpaired) electrons. The van der Waals surface area contributed by atoms with Gasteiger partial charge in [0.15, 0.2) is 11.4 Å². The van der Waals surface area contributed by atoms with Gasteiger partial charge < -0.3 is 24.3 Å². The third-order valence-electron chi connectivity index (χ3n) is 6.00. The molecule has 11 heteroatoms. The van der Waals surface area contributed by atoms with Gasteiger partial charge in [0, 0.05) is 31.4 Å². The number of fused-ring (bicyclic) bond motifs is 2. The summed E-state index contributed by atoms with van der Waals surface area (Å²) in [7, 11) is 1.26. The van der Waals surface area contributed by atoms with E-state index in [-0.39, 0.29) is 41.4 Å². The number of carbonyl (C=O) groups is 2. The van der Waals surface area contributed by atoms with Gasteiger partial charge >= 0.3 is 0 Å². The molecule has 1 fully saturated rings. The summed E-state index contributed by atoms with van der Waals surface area (Å²) in [6.45, 7) is 2.32. The van der Waals surface area contributed by atoms with Crippen molar-refractivity contribution in [2.45, 2.75) is 51.6 Å². The molecule has 2 aromatic rings. The molecule has 1 saturated heterocycles. The van der Waals surface area contributed by atoms with Crippen LogP contribution in [0.2, 0.25) is 5.02 Å². The summed E-state index contributed by atoms with van der Waals surface area (Å²) in [4.78, 5) is 41.0. The number of carbonyl (C=O) groups excluding carboxylic acids is 2. The molecule has 1 aromatic carbocycles. The number of hydrogen-bond donors (Lipinski definition) is 1. The van der Waals surface area contributed by atoms with Gasteiger partial charge in [-0.2, -0.15) is 0 Å². The van der Waals surface area contributed by atoms with Gasteiger partial charge in [-0.25, -0.2) is 8.78 Å². The number of nitrogens with one attached hydrogen (secondary N) is 1.